The Morgan fingerprint density at radius 3 is 2.69 bits per heavy atom. The van der Waals surface area contributed by atoms with E-state index < -0.39 is 0 Å². The van der Waals surface area contributed by atoms with E-state index in [-0.39, 0.29) is 12.0 Å². The van der Waals surface area contributed by atoms with Crippen LogP contribution >= 0.6 is 15.9 Å². The second kappa shape index (κ2) is 6.85. The quantitative estimate of drug-likeness (QED) is 0.785. The molecule has 0 aliphatic rings. The average molecular weight is 290 g/mol. The number of phenolic OH excluding ortho intramolecular Hbond substituents is 1. The third kappa shape index (κ3) is 3.75. The highest BCUT2D eigenvalue weighted by Gasteiger charge is 2.07. The molecular weight excluding hydrogens is 274 g/mol. The summed E-state index contributed by atoms with van der Waals surface area (Å²) in [6, 6.07) is 5.54. The van der Waals surface area contributed by atoms with E-state index >= 15 is 0 Å². The van der Waals surface area contributed by atoms with Crippen LogP contribution in [0.5, 0.6) is 5.75 Å². The maximum atomic E-state index is 9.73. The normalized spacial score (nSPS) is 11.0. The molecule has 90 valence electrons. The second-order valence-corrected chi connectivity index (χ2v) is 4.13. The smallest absolute Gasteiger partial charge is 0.169 e. The summed E-state index contributed by atoms with van der Waals surface area (Å²) in [6.45, 7) is 1.13. The van der Waals surface area contributed by atoms with E-state index in [0.717, 1.165) is 5.56 Å². The Kier molecular flexibility index (Phi) is 5.76. The van der Waals surface area contributed by atoms with E-state index in [1.54, 1.807) is 20.3 Å². The molecule has 0 radical (unpaired) electrons. The highest BCUT2D eigenvalue weighted by Crippen LogP contribution is 2.27. The molecule has 0 spiro atoms. The summed E-state index contributed by atoms with van der Waals surface area (Å²) >= 11 is 3.27. The van der Waals surface area contributed by atoms with Gasteiger partial charge >= 0.3 is 0 Å². The molecule has 0 unspecified atom stereocenters. The first-order valence-electron chi connectivity index (χ1n) is 4.91. The monoisotopic (exact) mass is 289 g/mol. The predicted octanol–water partition coefficient (Wildman–Crippen LogP) is 1.86. The molecule has 0 atom stereocenters. The third-order valence-electron chi connectivity index (χ3n) is 2.22. The molecule has 16 heavy (non-hydrogen) atoms. The fourth-order valence-corrected chi connectivity index (χ4v) is 1.70. The van der Waals surface area contributed by atoms with Crippen molar-refractivity contribution in [2.75, 3.05) is 20.8 Å². The standard InChI is InChI=1S/C11H16BrNO3/c1-15-10(16-2)7-13-6-8-4-3-5-9(12)11(8)14/h3-5,10,13-14H,6-7H2,1-2H3. The van der Waals surface area contributed by atoms with Crippen LogP contribution < -0.4 is 5.32 Å². The van der Waals surface area contributed by atoms with Crippen LogP contribution in [0.15, 0.2) is 22.7 Å². The zero-order valence-corrected chi connectivity index (χ0v) is 11.0. The van der Waals surface area contributed by atoms with E-state index in [1.807, 2.05) is 12.1 Å². The molecule has 1 rings (SSSR count). The van der Waals surface area contributed by atoms with Gasteiger partial charge in [0, 0.05) is 32.9 Å². The van der Waals surface area contributed by atoms with E-state index in [4.69, 9.17) is 9.47 Å². The van der Waals surface area contributed by atoms with Gasteiger partial charge in [0.15, 0.2) is 6.29 Å². The van der Waals surface area contributed by atoms with Crippen molar-refractivity contribution in [3.63, 3.8) is 0 Å². The van der Waals surface area contributed by atoms with Gasteiger partial charge in [-0.1, -0.05) is 12.1 Å². The van der Waals surface area contributed by atoms with Crippen molar-refractivity contribution < 1.29 is 14.6 Å². The molecule has 0 heterocycles. The summed E-state index contributed by atoms with van der Waals surface area (Å²) in [4.78, 5) is 0. The molecule has 0 aliphatic carbocycles. The number of hydrogen-bond donors (Lipinski definition) is 2. The summed E-state index contributed by atoms with van der Waals surface area (Å²) < 4.78 is 10.8. The number of hydrogen-bond acceptors (Lipinski definition) is 4. The van der Waals surface area contributed by atoms with Crippen LogP contribution in [0, 0.1) is 0 Å². The van der Waals surface area contributed by atoms with Crippen molar-refractivity contribution >= 4 is 15.9 Å². The largest absolute Gasteiger partial charge is 0.506 e. The van der Waals surface area contributed by atoms with Gasteiger partial charge in [0.2, 0.25) is 0 Å². The Bertz CT molecular complexity index is 329. The molecule has 0 amide bonds. The highest BCUT2D eigenvalue weighted by atomic mass is 79.9. The Morgan fingerprint density at radius 1 is 1.38 bits per heavy atom. The molecule has 0 aromatic heterocycles. The van der Waals surface area contributed by atoms with Crippen LogP contribution in [0.1, 0.15) is 5.56 Å². The fraction of sp³-hybridized carbons (Fsp3) is 0.455. The lowest BCUT2D eigenvalue weighted by Gasteiger charge is -2.14. The summed E-state index contributed by atoms with van der Waals surface area (Å²) in [5, 5.41) is 12.9. The van der Waals surface area contributed by atoms with E-state index in [9.17, 15) is 5.11 Å². The number of phenols is 1. The van der Waals surface area contributed by atoms with Crippen LogP contribution in [0.25, 0.3) is 0 Å². The Hall–Kier alpha value is -0.620. The minimum absolute atomic E-state index is 0.265. The summed E-state index contributed by atoms with van der Waals surface area (Å²) in [5.74, 6) is 0.265. The first kappa shape index (κ1) is 13.4. The highest BCUT2D eigenvalue weighted by molar-refractivity contribution is 9.10. The molecule has 1 aromatic rings. The fourth-order valence-electron chi connectivity index (χ4n) is 1.29. The maximum Gasteiger partial charge on any atom is 0.169 e. The van der Waals surface area contributed by atoms with E-state index in [0.29, 0.717) is 17.6 Å². The van der Waals surface area contributed by atoms with Crippen LogP contribution in [0.2, 0.25) is 0 Å². The van der Waals surface area contributed by atoms with Gasteiger partial charge in [0.1, 0.15) is 5.75 Å². The molecule has 4 nitrogen and oxygen atoms in total. The topological polar surface area (TPSA) is 50.7 Å². The van der Waals surface area contributed by atoms with Gasteiger partial charge in [-0.05, 0) is 22.0 Å². The number of aromatic hydroxyl groups is 1. The lowest BCUT2D eigenvalue weighted by Crippen LogP contribution is -2.29. The van der Waals surface area contributed by atoms with Gasteiger partial charge in [-0.3, -0.25) is 0 Å². The number of methoxy groups -OCH3 is 2. The zero-order chi connectivity index (χ0) is 12.0. The van der Waals surface area contributed by atoms with Gasteiger partial charge in [0.05, 0.1) is 4.47 Å². The lowest BCUT2D eigenvalue weighted by atomic mass is 10.2. The SMILES string of the molecule is COC(CNCc1cccc(Br)c1O)OC. The van der Waals surface area contributed by atoms with Crippen LogP contribution in [0.3, 0.4) is 0 Å². The minimum Gasteiger partial charge on any atom is -0.506 e. The van der Waals surface area contributed by atoms with Gasteiger partial charge in [-0.2, -0.15) is 0 Å². The number of benzene rings is 1. The van der Waals surface area contributed by atoms with Crippen molar-refractivity contribution in [1.29, 1.82) is 0 Å². The van der Waals surface area contributed by atoms with Gasteiger partial charge < -0.3 is 19.9 Å². The maximum absolute atomic E-state index is 9.73. The number of ether oxygens (including phenoxy) is 2. The minimum atomic E-state index is -0.269. The van der Waals surface area contributed by atoms with Crippen LogP contribution in [0.4, 0.5) is 0 Å². The predicted molar refractivity (Wildman–Crippen MR) is 65.3 cm³/mol. The molecule has 0 saturated carbocycles. The Morgan fingerprint density at radius 2 is 2.06 bits per heavy atom. The van der Waals surface area contributed by atoms with Crippen molar-refractivity contribution in [3.8, 4) is 5.75 Å². The lowest BCUT2D eigenvalue weighted by molar-refractivity contribution is -0.0989. The van der Waals surface area contributed by atoms with Gasteiger partial charge in [0.25, 0.3) is 0 Å². The van der Waals surface area contributed by atoms with E-state index in [2.05, 4.69) is 21.2 Å². The van der Waals surface area contributed by atoms with Crippen LogP contribution in [-0.4, -0.2) is 32.2 Å². The summed E-state index contributed by atoms with van der Waals surface area (Å²) in [7, 11) is 3.18. The van der Waals surface area contributed by atoms with Crippen molar-refractivity contribution in [2.45, 2.75) is 12.8 Å². The Labute approximate surface area is 104 Å². The first-order valence-corrected chi connectivity index (χ1v) is 5.71. The molecule has 0 bridgehead atoms. The van der Waals surface area contributed by atoms with E-state index in [1.165, 1.54) is 0 Å². The van der Waals surface area contributed by atoms with Crippen molar-refractivity contribution in [2.24, 2.45) is 0 Å². The zero-order valence-electron chi connectivity index (χ0n) is 9.37. The average Bonchev–Trinajstić information content (AvgIpc) is 2.30. The number of nitrogens with one attached hydrogen (secondary N) is 1. The van der Waals surface area contributed by atoms with Crippen LogP contribution in [-0.2, 0) is 16.0 Å². The Balaban J connectivity index is 2.46. The van der Waals surface area contributed by atoms with Gasteiger partial charge in [-0.25, -0.2) is 0 Å². The number of halogens is 1. The molecule has 1 aromatic carbocycles. The molecule has 0 fully saturated rings. The summed E-state index contributed by atoms with van der Waals surface area (Å²) in [5.41, 5.74) is 0.834. The summed E-state index contributed by atoms with van der Waals surface area (Å²) in [6.07, 6.45) is -0.269. The third-order valence-corrected chi connectivity index (χ3v) is 2.86. The van der Waals surface area contributed by atoms with Crippen molar-refractivity contribution in [3.05, 3.63) is 28.2 Å². The van der Waals surface area contributed by atoms with Gasteiger partial charge in [-0.15, -0.1) is 0 Å². The molecule has 2 N–H and O–H groups in total. The molecule has 0 saturated heterocycles. The molecule has 5 heteroatoms. The first-order chi connectivity index (χ1) is 7.69. The second-order valence-electron chi connectivity index (χ2n) is 3.28. The molecule has 0 aliphatic heterocycles. The van der Waals surface area contributed by atoms with Crippen molar-refractivity contribution in [1.82, 2.24) is 5.32 Å². The molecular formula is C11H16BrNO3. The number of rotatable bonds is 6. The number of para-hydroxylation sites is 1.